The van der Waals surface area contributed by atoms with Crippen molar-refractivity contribution < 1.29 is 0 Å². The minimum Gasteiger partial charge on any atom is -0.320 e. The zero-order valence-electron chi connectivity index (χ0n) is 11.7. The van der Waals surface area contributed by atoms with Crippen LogP contribution in [0.3, 0.4) is 0 Å². The molecule has 0 spiro atoms. The van der Waals surface area contributed by atoms with Crippen molar-refractivity contribution in [1.82, 2.24) is 10.6 Å². The fourth-order valence-corrected chi connectivity index (χ4v) is 2.36. The first-order valence-corrected chi connectivity index (χ1v) is 7.47. The molecule has 1 rings (SSSR count). The summed E-state index contributed by atoms with van der Waals surface area (Å²) in [7, 11) is 2.00. The maximum absolute atomic E-state index is 3.56. The smallest absolute Gasteiger partial charge is 0.0178 e. The summed E-state index contributed by atoms with van der Waals surface area (Å²) in [4.78, 5) is 0. The molecule has 3 heteroatoms. The Kier molecular flexibility index (Phi) is 6.90. The molecule has 1 aromatic rings. The van der Waals surface area contributed by atoms with E-state index >= 15 is 0 Å². The van der Waals surface area contributed by atoms with E-state index in [0.717, 1.165) is 24.1 Å². The summed E-state index contributed by atoms with van der Waals surface area (Å²) in [5, 5.41) is 6.73. The summed E-state index contributed by atoms with van der Waals surface area (Å²) in [5.41, 5.74) is 1.55. The SMILES string of the molecule is CNCCCCNCC(C)(C)c1cccc(Br)c1. The number of hydrogen-bond acceptors (Lipinski definition) is 2. The molecule has 0 fully saturated rings. The van der Waals surface area contributed by atoms with E-state index in [2.05, 4.69) is 64.7 Å². The van der Waals surface area contributed by atoms with Crippen molar-refractivity contribution in [3.05, 3.63) is 34.3 Å². The molecule has 0 bridgehead atoms. The van der Waals surface area contributed by atoms with Crippen LogP contribution in [0.4, 0.5) is 0 Å². The lowest BCUT2D eigenvalue weighted by Gasteiger charge is -2.26. The first-order valence-electron chi connectivity index (χ1n) is 6.67. The zero-order valence-corrected chi connectivity index (χ0v) is 13.3. The Labute approximate surface area is 120 Å². The van der Waals surface area contributed by atoms with E-state index in [1.165, 1.54) is 18.4 Å². The predicted molar refractivity (Wildman–Crippen MR) is 83.2 cm³/mol. The first-order chi connectivity index (χ1) is 8.56. The molecule has 0 aromatic heterocycles. The Morgan fingerprint density at radius 1 is 1.17 bits per heavy atom. The van der Waals surface area contributed by atoms with Gasteiger partial charge in [0.2, 0.25) is 0 Å². The van der Waals surface area contributed by atoms with Crippen molar-refractivity contribution in [2.75, 3.05) is 26.7 Å². The van der Waals surface area contributed by atoms with Gasteiger partial charge < -0.3 is 10.6 Å². The third-order valence-corrected chi connectivity index (χ3v) is 3.70. The lowest BCUT2D eigenvalue weighted by molar-refractivity contribution is 0.462. The van der Waals surface area contributed by atoms with Crippen LogP contribution < -0.4 is 10.6 Å². The van der Waals surface area contributed by atoms with Crippen LogP contribution in [0.15, 0.2) is 28.7 Å². The summed E-state index contributed by atoms with van der Waals surface area (Å²) in [6.45, 7) is 7.80. The zero-order chi connectivity index (χ0) is 13.4. The van der Waals surface area contributed by atoms with Crippen molar-refractivity contribution in [2.24, 2.45) is 0 Å². The molecule has 0 aliphatic carbocycles. The maximum Gasteiger partial charge on any atom is 0.0178 e. The molecule has 0 amide bonds. The molecule has 18 heavy (non-hydrogen) atoms. The summed E-state index contributed by atoms with van der Waals surface area (Å²) in [5.74, 6) is 0. The summed E-state index contributed by atoms with van der Waals surface area (Å²) in [6.07, 6.45) is 2.47. The molecule has 102 valence electrons. The monoisotopic (exact) mass is 312 g/mol. The fraction of sp³-hybridized carbons (Fsp3) is 0.600. The lowest BCUT2D eigenvalue weighted by Crippen LogP contribution is -2.33. The second-order valence-electron chi connectivity index (χ2n) is 5.38. The van der Waals surface area contributed by atoms with Gasteiger partial charge in [-0.15, -0.1) is 0 Å². The Morgan fingerprint density at radius 3 is 2.56 bits per heavy atom. The molecular weight excluding hydrogens is 288 g/mol. The second-order valence-corrected chi connectivity index (χ2v) is 6.30. The van der Waals surface area contributed by atoms with Crippen molar-refractivity contribution in [2.45, 2.75) is 32.1 Å². The van der Waals surface area contributed by atoms with E-state index in [0.29, 0.717) is 0 Å². The van der Waals surface area contributed by atoms with E-state index in [1.807, 2.05) is 7.05 Å². The molecule has 0 aliphatic rings. The van der Waals surface area contributed by atoms with E-state index in [9.17, 15) is 0 Å². The maximum atomic E-state index is 3.56. The summed E-state index contributed by atoms with van der Waals surface area (Å²) in [6, 6.07) is 8.59. The van der Waals surface area contributed by atoms with Crippen LogP contribution in [0.1, 0.15) is 32.3 Å². The van der Waals surface area contributed by atoms with E-state index < -0.39 is 0 Å². The number of benzene rings is 1. The summed E-state index contributed by atoms with van der Waals surface area (Å²) < 4.78 is 1.15. The van der Waals surface area contributed by atoms with Gasteiger partial charge in [-0.1, -0.05) is 41.9 Å². The van der Waals surface area contributed by atoms with Gasteiger partial charge in [-0.3, -0.25) is 0 Å². The van der Waals surface area contributed by atoms with Gasteiger partial charge in [-0.25, -0.2) is 0 Å². The standard InChI is InChI=1S/C15H25BrN2/c1-15(2,12-18-10-5-4-9-17-3)13-7-6-8-14(16)11-13/h6-8,11,17-18H,4-5,9-10,12H2,1-3H3. The van der Waals surface area contributed by atoms with Crippen LogP contribution in [0, 0.1) is 0 Å². The Balaban J connectivity index is 2.35. The molecular formula is C15H25BrN2. The predicted octanol–water partition coefficient (Wildman–Crippen LogP) is 3.32. The van der Waals surface area contributed by atoms with Crippen LogP contribution in [-0.2, 0) is 5.41 Å². The number of unbranched alkanes of at least 4 members (excludes halogenated alkanes) is 1. The highest BCUT2D eigenvalue weighted by Crippen LogP contribution is 2.24. The number of halogens is 1. The number of hydrogen-bond donors (Lipinski definition) is 2. The molecule has 0 heterocycles. The Bertz CT molecular complexity index is 350. The van der Waals surface area contributed by atoms with E-state index in [-0.39, 0.29) is 5.41 Å². The quantitative estimate of drug-likeness (QED) is 0.720. The van der Waals surface area contributed by atoms with Crippen LogP contribution >= 0.6 is 15.9 Å². The van der Waals surface area contributed by atoms with Crippen molar-refractivity contribution in [1.29, 1.82) is 0 Å². The van der Waals surface area contributed by atoms with Crippen molar-refractivity contribution >= 4 is 15.9 Å². The number of nitrogens with one attached hydrogen (secondary N) is 2. The Hall–Kier alpha value is -0.380. The highest BCUT2D eigenvalue weighted by Gasteiger charge is 2.19. The molecule has 0 radical (unpaired) electrons. The largest absolute Gasteiger partial charge is 0.320 e. The van der Waals surface area contributed by atoms with Crippen LogP contribution in [0.5, 0.6) is 0 Å². The number of rotatable bonds is 8. The van der Waals surface area contributed by atoms with Gasteiger partial charge in [0.15, 0.2) is 0 Å². The highest BCUT2D eigenvalue weighted by atomic mass is 79.9. The van der Waals surface area contributed by atoms with Crippen LogP contribution in [0.25, 0.3) is 0 Å². The van der Waals surface area contributed by atoms with Crippen LogP contribution in [0.2, 0.25) is 0 Å². The Morgan fingerprint density at radius 2 is 1.89 bits per heavy atom. The second kappa shape index (κ2) is 7.93. The van der Waals surface area contributed by atoms with Crippen molar-refractivity contribution in [3.63, 3.8) is 0 Å². The van der Waals surface area contributed by atoms with Crippen LogP contribution in [-0.4, -0.2) is 26.7 Å². The molecule has 2 N–H and O–H groups in total. The van der Waals surface area contributed by atoms with Gasteiger partial charge in [0.1, 0.15) is 0 Å². The third-order valence-electron chi connectivity index (χ3n) is 3.20. The normalized spacial score (nSPS) is 11.8. The molecule has 2 nitrogen and oxygen atoms in total. The van der Waals surface area contributed by atoms with Gasteiger partial charge in [0.25, 0.3) is 0 Å². The summed E-state index contributed by atoms with van der Waals surface area (Å²) >= 11 is 3.54. The van der Waals surface area contributed by atoms with Gasteiger partial charge in [-0.05, 0) is 50.7 Å². The molecule has 1 aromatic carbocycles. The molecule has 0 saturated heterocycles. The van der Waals surface area contributed by atoms with E-state index in [4.69, 9.17) is 0 Å². The van der Waals surface area contributed by atoms with Gasteiger partial charge in [-0.2, -0.15) is 0 Å². The molecule has 0 saturated carbocycles. The molecule has 0 aliphatic heterocycles. The molecule has 0 atom stereocenters. The van der Waals surface area contributed by atoms with Gasteiger partial charge in [0.05, 0.1) is 0 Å². The molecule has 0 unspecified atom stereocenters. The minimum absolute atomic E-state index is 0.173. The minimum atomic E-state index is 0.173. The topological polar surface area (TPSA) is 24.1 Å². The first kappa shape index (κ1) is 15.7. The van der Waals surface area contributed by atoms with Gasteiger partial charge in [0, 0.05) is 16.4 Å². The lowest BCUT2D eigenvalue weighted by atomic mass is 9.84. The fourth-order valence-electron chi connectivity index (χ4n) is 1.96. The van der Waals surface area contributed by atoms with E-state index in [1.54, 1.807) is 0 Å². The van der Waals surface area contributed by atoms with Gasteiger partial charge >= 0.3 is 0 Å². The average molecular weight is 313 g/mol. The van der Waals surface area contributed by atoms with Crippen molar-refractivity contribution in [3.8, 4) is 0 Å². The third kappa shape index (κ3) is 5.51. The highest BCUT2D eigenvalue weighted by molar-refractivity contribution is 9.10. The average Bonchev–Trinajstić information content (AvgIpc) is 2.33.